The summed E-state index contributed by atoms with van der Waals surface area (Å²) < 4.78 is 4.91. The minimum Gasteiger partial charge on any atom is -0.450 e. The molecule has 2 heterocycles. The van der Waals surface area contributed by atoms with Crippen LogP contribution in [0.15, 0.2) is 12.3 Å². The van der Waals surface area contributed by atoms with Crippen molar-refractivity contribution in [2.75, 3.05) is 6.61 Å². The molecular weight excluding hydrogens is 251 g/mol. The van der Waals surface area contributed by atoms with Crippen molar-refractivity contribution in [2.45, 2.75) is 20.0 Å². The van der Waals surface area contributed by atoms with Gasteiger partial charge in [-0.15, -0.1) is 12.4 Å². The molecule has 1 amide bonds. The van der Waals surface area contributed by atoms with Gasteiger partial charge in [-0.1, -0.05) is 11.6 Å². The molecule has 2 rings (SSSR count). The number of hydrogen-bond acceptors (Lipinski definition) is 3. The van der Waals surface area contributed by atoms with E-state index < -0.39 is 0 Å². The number of carbonyl (C=O) groups excluding carboxylic acids is 1. The Bertz CT molecular complexity index is 398. The zero-order valence-electron chi connectivity index (χ0n) is 8.77. The fourth-order valence-corrected chi connectivity index (χ4v) is 1.81. The summed E-state index contributed by atoms with van der Waals surface area (Å²) in [6.45, 7) is 3.13. The number of halogens is 2. The molecule has 16 heavy (non-hydrogen) atoms. The Morgan fingerprint density at radius 3 is 3.00 bits per heavy atom. The summed E-state index contributed by atoms with van der Waals surface area (Å²) in [5, 5.41) is 0.659. The number of nitrogens with zero attached hydrogens (tertiary/aromatic N) is 2. The van der Waals surface area contributed by atoms with Crippen LogP contribution in [0, 0.1) is 0 Å². The van der Waals surface area contributed by atoms with E-state index >= 15 is 0 Å². The molecule has 0 aromatic carbocycles. The number of hydrogen-bond donors (Lipinski definition) is 0. The highest BCUT2D eigenvalue weighted by atomic mass is 35.5. The average Bonchev–Trinajstić information content (AvgIpc) is 2.63. The molecule has 0 N–H and O–H groups in total. The molecular formula is C10H12Cl2N2O2. The van der Waals surface area contributed by atoms with E-state index in [1.165, 1.54) is 0 Å². The van der Waals surface area contributed by atoms with Gasteiger partial charge in [0.25, 0.3) is 0 Å². The Morgan fingerprint density at radius 1 is 1.62 bits per heavy atom. The molecule has 0 bridgehead atoms. The highest BCUT2D eigenvalue weighted by Crippen LogP contribution is 2.27. The lowest BCUT2D eigenvalue weighted by molar-refractivity contribution is 0.106. The van der Waals surface area contributed by atoms with E-state index in [0.717, 1.165) is 11.3 Å². The molecule has 0 saturated carbocycles. The van der Waals surface area contributed by atoms with Gasteiger partial charge in [0.15, 0.2) is 0 Å². The van der Waals surface area contributed by atoms with E-state index in [0.29, 0.717) is 24.7 Å². The standard InChI is InChI=1S/C10H11ClN2O2.ClH/c1-2-15-10(14)13-5-7-8(11)3-4-12-9(7)6-13;/h3-4H,2,5-6H2,1H3;1H. The van der Waals surface area contributed by atoms with Gasteiger partial charge in [0, 0.05) is 16.8 Å². The third-order valence-electron chi connectivity index (χ3n) is 2.30. The van der Waals surface area contributed by atoms with Gasteiger partial charge in [0.05, 0.1) is 25.4 Å². The van der Waals surface area contributed by atoms with Crippen molar-refractivity contribution in [3.8, 4) is 0 Å². The molecule has 88 valence electrons. The fraction of sp³-hybridized carbons (Fsp3) is 0.400. The summed E-state index contributed by atoms with van der Waals surface area (Å²) in [6, 6.07) is 1.73. The highest BCUT2D eigenvalue weighted by molar-refractivity contribution is 6.31. The molecule has 1 aliphatic rings. The van der Waals surface area contributed by atoms with Gasteiger partial charge in [0.2, 0.25) is 0 Å². The first kappa shape index (κ1) is 13.1. The second-order valence-electron chi connectivity index (χ2n) is 3.27. The highest BCUT2D eigenvalue weighted by Gasteiger charge is 2.26. The van der Waals surface area contributed by atoms with Crippen LogP contribution in [0.2, 0.25) is 5.02 Å². The van der Waals surface area contributed by atoms with Crippen molar-refractivity contribution in [1.29, 1.82) is 0 Å². The summed E-state index contributed by atoms with van der Waals surface area (Å²) in [4.78, 5) is 17.2. The molecule has 1 aromatic rings. The molecule has 0 fully saturated rings. The van der Waals surface area contributed by atoms with Gasteiger partial charge < -0.3 is 4.74 Å². The number of amides is 1. The van der Waals surface area contributed by atoms with Crippen LogP contribution in [0.4, 0.5) is 4.79 Å². The van der Waals surface area contributed by atoms with Gasteiger partial charge in [-0.3, -0.25) is 9.88 Å². The number of aromatic nitrogens is 1. The smallest absolute Gasteiger partial charge is 0.410 e. The average molecular weight is 263 g/mol. The Hall–Kier alpha value is -1.000. The molecule has 4 nitrogen and oxygen atoms in total. The summed E-state index contributed by atoms with van der Waals surface area (Å²) in [5.74, 6) is 0. The number of fused-ring (bicyclic) bond motifs is 1. The molecule has 1 aromatic heterocycles. The molecule has 0 atom stereocenters. The largest absolute Gasteiger partial charge is 0.450 e. The maximum Gasteiger partial charge on any atom is 0.410 e. The van der Waals surface area contributed by atoms with E-state index in [-0.39, 0.29) is 18.5 Å². The molecule has 1 aliphatic heterocycles. The monoisotopic (exact) mass is 262 g/mol. The third kappa shape index (κ3) is 2.39. The molecule has 6 heteroatoms. The molecule has 0 saturated heterocycles. The Balaban J connectivity index is 0.00000128. The third-order valence-corrected chi connectivity index (χ3v) is 2.66. The lowest BCUT2D eigenvalue weighted by atomic mass is 10.2. The molecule has 0 unspecified atom stereocenters. The summed E-state index contributed by atoms with van der Waals surface area (Å²) >= 11 is 6.00. The van der Waals surface area contributed by atoms with Crippen molar-refractivity contribution < 1.29 is 9.53 Å². The number of ether oxygens (including phenoxy) is 1. The Kier molecular flexibility index (Phi) is 4.38. The zero-order valence-corrected chi connectivity index (χ0v) is 10.3. The van der Waals surface area contributed by atoms with Crippen molar-refractivity contribution in [3.63, 3.8) is 0 Å². The van der Waals surface area contributed by atoms with E-state index in [4.69, 9.17) is 16.3 Å². The quantitative estimate of drug-likeness (QED) is 0.782. The summed E-state index contributed by atoms with van der Waals surface area (Å²) in [7, 11) is 0. The predicted octanol–water partition coefficient (Wildman–Crippen LogP) is 2.63. The van der Waals surface area contributed by atoms with Gasteiger partial charge in [-0.2, -0.15) is 0 Å². The van der Waals surface area contributed by atoms with Crippen LogP contribution >= 0.6 is 24.0 Å². The van der Waals surface area contributed by atoms with E-state index in [2.05, 4.69) is 4.98 Å². The van der Waals surface area contributed by atoms with Crippen molar-refractivity contribution in [2.24, 2.45) is 0 Å². The maximum absolute atomic E-state index is 11.5. The van der Waals surface area contributed by atoms with Gasteiger partial charge in [0.1, 0.15) is 0 Å². The minimum absolute atomic E-state index is 0. The lowest BCUT2D eigenvalue weighted by Crippen LogP contribution is -2.26. The van der Waals surface area contributed by atoms with Crippen molar-refractivity contribution in [1.82, 2.24) is 9.88 Å². The van der Waals surface area contributed by atoms with Crippen LogP contribution in [0.3, 0.4) is 0 Å². The summed E-state index contributed by atoms with van der Waals surface area (Å²) in [6.07, 6.45) is 1.34. The minimum atomic E-state index is -0.313. The first-order valence-electron chi connectivity index (χ1n) is 4.76. The first-order valence-corrected chi connectivity index (χ1v) is 5.14. The fourth-order valence-electron chi connectivity index (χ4n) is 1.58. The Labute approximate surface area is 105 Å². The topological polar surface area (TPSA) is 42.4 Å². The van der Waals surface area contributed by atoms with Crippen LogP contribution in [0.1, 0.15) is 18.2 Å². The lowest BCUT2D eigenvalue weighted by Gasteiger charge is -2.13. The molecule has 0 aliphatic carbocycles. The van der Waals surface area contributed by atoms with E-state index in [9.17, 15) is 4.79 Å². The van der Waals surface area contributed by atoms with E-state index in [1.54, 1.807) is 24.1 Å². The number of pyridine rings is 1. The zero-order chi connectivity index (χ0) is 10.8. The van der Waals surface area contributed by atoms with Crippen molar-refractivity contribution in [3.05, 3.63) is 28.5 Å². The van der Waals surface area contributed by atoms with Gasteiger partial charge in [-0.05, 0) is 13.0 Å². The molecule has 0 radical (unpaired) electrons. The normalized spacial score (nSPS) is 13.0. The van der Waals surface area contributed by atoms with Crippen LogP contribution in [0.5, 0.6) is 0 Å². The van der Waals surface area contributed by atoms with Crippen LogP contribution in [-0.4, -0.2) is 22.6 Å². The first-order chi connectivity index (χ1) is 7.22. The second-order valence-corrected chi connectivity index (χ2v) is 3.68. The SMILES string of the molecule is CCOC(=O)N1Cc2nccc(Cl)c2C1.Cl. The van der Waals surface area contributed by atoms with Crippen LogP contribution in [-0.2, 0) is 17.8 Å². The Morgan fingerprint density at radius 2 is 2.38 bits per heavy atom. The maximum atomic E-state index is 11.5. The van der Waals surface area contributed by atoms with Gasteiger partial charge in [-0.25, -0.2) is 4.79 Å². The van der Waals surface area contributed by atoms with Crippen molar-refractivity contribution >= 4 is 30.1 Å². The molecule has 0 spiro atoms. The summed E-state index contributed by atoms with van der Waals surface area (Å²) in [5.41, 5.74) is 1.78. The van der Waals surface area contributed by atoms with Crippen LogP contribution < -0.4 is 0 Å². The van der Waals surface area contributed by atoms with Crippen LogP contribution in [0.25, 0.3) is 0 Å². The van der Waals surface area contributed by atoms with Gasteiger partial charge >= 0.3 is 6.09 Å². The van der Waals surface area contributed by atoms with E-state index in [1.807, 2.05) is 0 Å². The predicted molar refractivity (Wildman–Crippen MR) is 62.8 cm³/mol. The number of rotatable bonds is 1. The second kappa shape index (κ2) is 5.37. The number of carbonyl (C=O) groups is 1.